The molecular weight excluding hydrogens is 364 g/mol. The molecule has 0 saturated carbocycles. The van der Waals surface area contributed by atoms with E-state index in [2.05, 4.69) is 54.6 Å². The highest BCUT2D eigenvalue weighted by atomic mass is 32.2. The molecule has 3 aromatic carbocycles. The SMILES string of the molecule is CC(C)(C)S(=O)(=O)CCCCCCCc1cccc2cc3ccccc3cc12. The van der Waals surface area contributed by atoms with E-state index < -0.39 is 14.6 Å². The fourth-order valence-corrected chi connectivity index (χ4v) is 4.89. The molecule has 0 heterocycles. The molecule has 3 heteroatoms. The molecule has 150 valence electrons. The molecule has 0 aliphatic rings. The van der Waals surface area contributed by atoms with E-state index in [4.69, 9.17) is 0 Å². The van der Waals surface area contributed by atoms with Crippen molar-refractivity contribution in [2.75, 3.05) is 5.75 Å². The smallest absolute Gasteiger partial charge is 0.155 e. The van der Waals surface area contributed by atoms with Crippen LogP contribution in [0.5, 0.6) is 0 Å². The van der Waals surface area contributed by atoms with Gasteiger partial charge in [-0.15, -0.1) is 0 Å². The van der Waals surface area contributed by atoms with E-state index in [-0.39, 0.29) is 0 Å². The van der Waals surface area contributed by atoms with Crippen LogP contribution in [0.2, 0.25) is 0 Å². The minimum absolute atomic E-state index is 0.312. The lowest BCUT2D eigenvalue weighted by Gasteiger charge is -2.18. The van der Waals surface area contributed by atoms with Crippen molar-refractivity contribution < 1.29 is 8.42 Å². The predicted molar refractivity (Wildman–Crippen MR) is 122 cm³/mol. The van der Waals surface area contributed by atoms with Crippen molar-refractivity contribution >= 4 is 31.4 Å². The maximum Gasteiger partial charge on any atom is 0.155 e. The second-order valence-electron chi connectivity index (χ2n) is 8.79. The molecule has 3 rings (SSSR count). The number of sulfone groups is 1. The Labute approximate surface area is 169 Å². The van der Waals surface area contributed by atoms with Gasteiger partial charge in [0, 0.05) is 0 Å². The quantitative estimate of drug-likeness (QED) is 0.313. The van der Waals surface area contributed by atoms with Crippen molar-refractivity contribution in [3.8, 4) is 0 Å². The fourth-order valence-electron chi connectivity index (χ4n) is 3.69. The molecule has 0 radical (unpaired) electrons. The molecule has 0 fully saturated rings. The standard InChI is InChI=1S/C25H32O2S/c1-25(2,3)28(26,27)17-10-6-4-5-7-12-20-15-11-16-23-18-21-13-8-9-14-22(21)19-24(20)23/h8-9,11,13-16,18-19H,4-7,10,12,17H2,1-3H3. The fraction of sp³-hybridized carbons (Fsp3) is 0.440. The minimum Gasteiger partial charge on any atom is -0.228 e. The van der Waals surface area contributed by atoms with Crippen LogP contribution in [0.4, 0.5) is 0 Å². The van der Waals surface area contributed by atoms with Gasteiger partial charge >= 0.3 is 0 Å². The molecule has 0 N–H and O–H groups in total. The van der Waals surface area contributed by atoms with Gasteiger partial charge in [-0.2, -0.15) is 0 Å². The lowest BCUT2D eigenvalue weighted by molar-refractivity contribution is 0.552. The molecular formula is C25H32O2S. The van der Waals surface area contributed by atoms with Gasteiger partial charge in [0.05, 0.1) is 10.5 Å². The molecule has 2 nitrogen and oxygen atoms in total. The highest BCUT2D eigenvalue weighted by Crippen LogP contribution is 2.26. The Morgan fingerprint density at radius 1 is 0.714 bits per heavy atom. The zero-order chi connectivity index (χ0) is 20.2. The number of hydrogen-bond donors (Lipinski definition) is 0. The molecule has 0 aliphatic heterocycles. The van der Waals surface area contributed by atoms with Crippen LogP contribution in [-0.2, 0) is 16.3 Å². The first kappa shape index (κ1) is 20.9. The van der Waals surface area contributed by atoms with Crippen LogP contribution in [0.3, 0.4) is 0 Å². The molecule has 0 amide bonds. The lowest BCUT2D eigenvalue weighted by Crippen LogP contribution is -2.30. The van der Waals surface area contributed by atoms with Gasteiger partial charge in [0.1, 0.15) is 0 Å². The molecule has 0 bridgehead atoms. The summed E-state index contributed by atoms with van der Waals surface area (Å²) in [6.45, 7) is 5.36. The van der Waals surface area contributed by atoms with Crippen LogP contribution in [0.1, 0.15) is 58.4 Å². The van der Waals surface area contributed by atoms with Crippen molar-refractivity contribution in [3.05, 3.63) is 60.2 Å². The van der Waals surface area contributed by atoms with Crippen molar-refractivity contribution in [2.45, 2.75) is 64.0 Å². The van der Waals surface area contributed by atoms with Crippen molar-refractivity contribution in [2.24, 2.45) is 0 Å². The van der Waals surface area contributed by atoms with Gasteiger partial charge in [0.25, 0.3) is 0 Å². The van der Waals surface area contributed by atoms with Crippen LogP contribution in [0.25, 0.3) is 21.5 Å². The first-order chi connectivity index (χ1) is 13.3. The van der Waals surface area contributed by atoms with Gasteiger partial charge in [-0.3, -0.25) is 0 Å². The van der Waals surface area contributed by atoms with E-state index in [1.54, 1.807) is 20.8 Å². The van der Waals surface area contributed by atoms with Gasteiger partial charge in [-0.1, -0.05) is 61.7 Å². The predicted octanol–water partition coefficient (Wildman–Crippen LogP) is 6.70. The van der Waals surface area contributed by atoms with Crippen molar-refractivity contribution in [3.63, 3.8) is 0 Å². The van der Waals surface area contributed by atoms with Crippen molar-refractivity contribution in [1.29, 1.82) is 0 Å². The lowest BCUT2D eigenvalue weighted by atomic mass is 9.96. The van der Waals surface area contributed by atoms with Crippen LogP contribution < -0.4 is 0 Å². The van der Waals surface area contributed by atoms with E-state index in [0.717, 1.165) is 38.5 Å². The normalized spacial score (nSPS) is 12.7. The van der Waals surface area contributed by atoms with E-state index in [9.17, 15) is 8.42 Å². The number of unbranched alkanes of at least 4 members (excludes halogenated alkanes) is 4. The Hall–Kier alpha value is -1.87. The monoisotopic (exact) mass is 396 g/mol. The molecule has 0 saturated heterocycles. The van der Waals surface area contributed by atoms with Crippen LogP contribution in [-0.4, -0.2) is 18.9 Å². The number of rotatable bonds is 8. The average Bonchev–Trinajstić information content (AvgIpc) is 2.64. The minimum atomic E-state index is -2.98. The topological polar surface area (TPSA) is 34.1 Å². The maximum absolute atomic E-state index is 12.1. The van der Waals surface area contributed by atoms with Gasteiger partial charge in [0.15, 0.2) is 9.84 Å². The summed E-state index contributed by atoms with van der Waals surface area (Å²) >= 11 is 0. The Bertz CT molecular complexity index is 1040. The molecule has 0 unspecified atom stereocenters. The number of aryl methyl sites for hydroxylation is 1. The Morgan fingerprint density at radius 2 is 1.32 bits per heavy atom. The Morgan fingerprint density at radius 3 is 2.04 bits per heavy atom. The largest absolute Gasteiger partial charge is 0.228 e. The van der Waals surface area contributed by atoms with Crippen LogP contribution in [0.15, 0.2) is 54.6 Å². The first-order valence-electron chi connectivity index (χ1n) is 10.4. The van der Waals surface area contributed by atoms with Gasteiger partial charge in [-0.25, -0.2) is 8.42 Å². The summed E-state index contributed by atoms with van der Waals surface area (Å²) in [5, 5.41) is 5.25. The average molecular weight is 397 g/mol. The molecule has 0 atom stereocenters. The zero-order valence-corrected chi connectivity index (χ0v) is 18.2. The summed E-state index contributed by atoms with van der Waals surface area (Å²) in [4.78, 5) is 0. The second kappa shape index (κ2) is 8.65. The van der Waals surface area contributed by atoms with E-state index in [1.807, 2.05) is 0 Å². The second-order valence-corrected chi connectivity index (χ2v) is 11.6. The molecule has 0 spiro atoms. The van der Waals surface area contributed by atoms with E-state index in [1.165, 1.54) is 27.1 Å². The molecule has 0 aromatic heterocycles. The molecule has 0 aliphatic carbocycles. The molecule has 3 aromatic rings. The Balaban J connectivity index is 1.51. The number of benzene rings is 3. The third-order valence-corrected chi connectivity index (χ3v) is 8.32. The maximum atomic E-state index is 12.1. The third kappa shape index (κ3) is 4.94. The van der Waals surface area contributed by atoms with Crippen LogP contribution >= 0.6 is 0 Å². The highest BCUT2D eigenvalue weighted by Gasteiger charge is 2.27. The Kier molecular flexibility index (Phi) is 6.44. The number of fused-ring (bicyclic) bond motifs is 2. The van der Waals surface area contributed by atoms with Crippen molar-refractivity contribution in [1.82, 2.24) is 0 Å². The zero-order valence-electron chi connectivity index (χ0n) is 17.4. The van der Waals surface area contributed by atoms with Gasteiger partial charge in [-0.05, 0) is 79.3 Å². The van der Waals surface area contributed by atoms with Gasteiger partial charge < -0.3 is 0 Å². The summed E-state index contributed by atoms with van der Waals surface area (Å²) in [7, 11) is -2.98. The third-order valence-electron chi connectivity index (χ3n) is 5.63. The first-order valence-corrected chi connectivity index (χ1v) is 12.1. The summed E-state index contributed by atoms with van der Waals surface area (Å²) in [6, 6.07) is 19.7. The van der Waals surface area contributed by atoms with Gasteiger partial charge in [0.2, 0.25) is 0 Å². The highest BCUT2D eigenvalue weighted by molar-refractivity contribution is 7.92. The summed E-state index contributed by atoms with van der Waals surface area (Å²) < 4.78 is 23.7. The summed E-state index contributed by atoms with van der Waals surface area (Å²) in [5.41, 5.74) is 1.42. The molecule has 28 heavy (non-hydrogen) atoms. The summed E-state index contributed by atoms with van der Waals surface area (Å²) in [6.07, 6.45) is 6.26. The number of hydrogen-bond acceptors (Lipinski definition) is 2. The van der Waals surface area contributed by atoms with E-state index in [0.29, 0.717) is 5.75 Å². The van der Waals surface area contributed by atoms with E-state index >= 15 is 0 Å². The summed E-state index contributed by atoms with van der Waals surface area (Å²) in [5.74, 6) is 0.312. The van der Waals surface area contributed by atoms with Crippen LogP contribution in [0, 0.1) is 0 Å².